The maximum absolute atomic E-state index is 12.8. The molecule has 0 aliphatic carbocycles. The van der Waals surface area contributed by atoms with Gasteiger partial charge in [0.05, 0.1) is 10.6 Å². The van der Waals surface area contributed by atoms with Crippen molar-refractivity contribution in [2.75, 3.05) is 26.2 Å². The molecular formula is C20H24N4OS. The fraction of sp³-hybridized carbons (Fsp3) is 0.400. The molecule has 0 bridgehead atoms. The van der Waals surface area contributed by atoms with Crippen molar-refractivity contribution in [1.82, 2.24) is 19.2 Å². The lowest BCUT2D eigenvalue weighted by Gasteiger charge is -2.34. The molecule has 6 heteroatoms. The van der Waals surface area contributed by atoms with Gasteiger partial charge in [-0.15, -0.1) is 11.3 Å². The summed E-state index contributed by atoms with van der Waals surface area (Å²) in [6.07, 6.45) is 5.10. The van der Waals surface area contributed by atoms with Gasteiger partial charge in [0.1, 0.15) is 5.65 Å². The zero-order valence-corrected chi connectivity index (χ0v) is 16.1. The van der Waals surface area contributed by atoms with Crippen LogP contribution in [0.15, 0.2) is 36.7 Å². The van der Waals surface area contributed by atoms with Crippen LogP contribution in [0.1, 0.15) is 32.7 Å². The molecule has 136 valence electrons. The number of carbonyl (C=O) groups is 1. The molecule has 0 atom stereocenters. The number of aromatic nitrogens is 2. The monoisotopic (exact) mass is 368 g/mol. The Balaban J connectivity index is 1.36. The number of imidazole rings is 1. The number of thiophene rings is 1. The van der Waals surface area contributed by atoms with Crippen molar-refractivity contribution < 1.29 is 4.79 Å². The van der Waals surface area contributed by atoms with E-state index in [1.54, 1.807) is 11.3 Å². The standard InChI is InChI=1S/C20H24N4OS/c1-3-16-12-18(26-15(16)2)20(25)23-10-8-22(9-11-23)13-17-14-24-7-5-4-6-19(24)21-17/h4-7,12,14H,3,8-11,13H2,1-2H3. The highest BCUT2D eigenvalue weighted by atomic mass is 32.1. The normalized spacial score (nSPS) is 15.7. The quantitative estimate of drug-likeness (QED) is 0.710. The van der Waals surface area contributed by atoms with Crippen LogP contribution in [0.2, 0.25) is 0 Å². The summed E-state index contributed by atoms with van der Waals surface area (Å²) in [5.41, 5.74) is 3.36. The van der Waals surface area contributed by atoms with E-state index >= 15 is 0 Å². The fourth-order valence-corrected chi connectivity index (χ4v) is 4.62. The van der Waals surface area contributed by atoms with Gasteiger partial charge in [0, 0.05) is 50.0 Å². The lowest BCUT2D eigenvalue weighted by molar-refractivity contribution is 0.0632. The Bertz CT molecular complexity index is 888. The van der Waals surface area contributed by atoms with Gasteiger partial charge in [0.25, 0.3) is 5.91 Å². The van der Waals surface area contributed by atoms with Crippen LogP contribution in [0.3, 0.4) is 0 Å². The SMILES string of the molecule is CCc1cc(C(=O)N2CCN(Cc3cn4ccccc4n3)CC2)sc1C. The third kappa shape index (κ3) is 3.39. The fourth-order valence-electron chi connectivity index (χ4n) is 3.53. The van der Waals surface area contributed by atoms with E-state index in [0.29, 0.717) is 0 Å². The van der Waals surface area contributed by atoms with Crippen molar-refractivity contribution in [3.05, 3.63) is 57.7 Å². The molecule has 1 amide bonds. The zero-order chi connectivity index (χ0) is 18.1. The lowest BCUT2D eigenvalue weighted by Crippen LogP contribution is -2.48. The van der Waals surface area contributed by atoms with E-state index in [-0.39, 0.29) is 5.91 Å². The largest absolute Gasteiger partial charge is 0.335 e. The summed E-state index contributed by atoms with van der Waals surface area (Å²) in [5, 5.41) is 0. The predicted octanol–water partition coefficient (Wildman–Crippen LogP) is 3.22. The highest BCUT2D eigenvalue weighted by molar-refractivity contribution is 7.14. The Morgan fingerprint density at radius 3 is 2.73 bits per heavy atom. The second-order valence-corrected chi connectivity index (χ2v) is 8.07. The molecule has 1 aliphatic heterocycles. The molecule has 26 heavy (non-hydrogen) atoms. The van der Waals surface area contributed by atoms with E-state index in [0.717, 1.165) is 55.4 Å². The second-order valence-electron chi connectivity index (χ2n) is 6.81. The van der Waals surface area contributed by atoms with E-state index in [1.165, 1.54) is 10.4 Å². The number of pyridine rings is 1. The van der Waals surface area contributed by atoms with Crippen LogP contribution < -0.4 is 0 Å². The van der Waals surface area contributed by atoms with Crippen LogP contribution >= 0.6 is 11.3 Å². The van der Waals surface area contributed by atoms with Gasteiger partial charge >= 0.3 is 0 Å². The van der Waals surface area contributed by atoms with Crippen LogP contribution in [-0.2, 0) is 13.0 Å². The molecule has 1 fully saturated rings. The Hall–Kier alpha value is -2.18. The molecule has 0 unspecified atom stereocenters. The molecule has 3 aromatic heterocycles. The predicted molar refractivity (Wildman–Crippen MR) is 105 cm³/mol. The van der Waals surface area contributed by atoms with Crippen molar-refractivity contribution in [3.63, 3.8) is 0 Å². The third-order valence-corrected chi connectivity index (χ3v) is 6.15. The Labute approximate surface area is 157 Å². The van der Waals surface area contributed by atoms with Gasteiger partial charge in [0.2, 0.25) is 0 Å². The molecule has 1 saturated heterocycles. The molecule has 4 heterocycles. The minimum Gasteiger partial charge on any atom is -0.335 e. The smallest absolute Gasteiger partial charge is 0.264 e. The van der Waals surface area contributed by atoms with Crippen molar-refractivity contribution in [2.24, 2.45) is 0 Å². The van der Waals surface area contributed by atoms with Crippen LogP contribution in [-0.4, -0.2) is 51.3 Å². The molecule has 1 aliphatic rings. The van der Waals surface area contributed by atoms with Crippen molar-refractivity contribution in [2.45, 2.75) is 26.8 Å². The number of nitrogens with zero attached hydrogens (tertiary/aromatic N) is 4. The summed E-state index contributed by atoms with van der Waals surface area (Å²) >= 11 is 1.63. The van der Waals surface area contributed by atoms with Crippen molar-refractivity contribution in [3.8, 4) is 0 Å². The van der Waals surface area contributed by atoms with Gasteiger partial charge in [-0.2, -0.15) is 0 Å². The van der Waals surface area contributed by atoms with Gasteiger partial charge in [-0.3, -0.25) is 9.69 Å². The Morgan fingerprint density at radius 2 is 2.04 bits per heavy atom. The summed E-state index contributed by atoms with van der Waals surface area (Å²) in [6, 6.07) is 8.12. The highest BCUT2D eigenvalue weighted by Gasteiger charge is 2.24. The molecular weight excluding hydrogens is 344 g/mol. The Morgan fingerprint density at radius 1 is 1.23 bits per heavy atom. The number of amides is 1. The molecule has 0 spiro atoms. The molecule has 0 radical (unpaired) electrons. The summed E-state index contributed by atoms with van der Waals surface area (Å²) in [5.74, 6) is 0.185. The number of piperazine rings is 1. The average molecular weight is 369 g/mol. The van der Waals surface area contributed by atoms with E-state index in [2.05, 4.69) is 40.4 Å². The van der Waals surface area contributed by atoms with E-state index in [1.807, 2.05) is 29.3 Å². The van der Waals surface area contributed by atoms with Crippen molar-refractivity contribution >= 4 is 22.9 Å². The second kappa shape index (κ2) is 7.21. The zero-order valence-electron chi connectivity index (χ0n) is 15.3. The third-order valence-electron chi connectivity index (χ3n) is 5.07. The lowest BCUT2D eigenvalue weighted by atomic mass is 10.2. The first-order valence-corrected chi connectivity index (χ1v) is 9.99. The van der Waals surface area contributed by atoms with Gasteiger partial charge in [0.15, 0.2) is 0 Å². The average Bonchev–Trinajstić information content (AvgIpc) is 3.24. The molecule has 4 rings (SSSR count). The Kier molecular flexibility index (Phi) is 4.78. The number of hydrogen-bond donors (Lipinski definition) is 0. The van der Waals surface area contributed by atoms with Crippen LogP contribution in [0.4, 0.5) is 0 Å². The van der Waals surface area contributed by atoms with Gasteiger partial charge in [-0.1, -0.05) is 13.0 Å². The minimum absolute atomic E-state index is 0.185. The first-order chi connectivity index (χ1) is 12.6. The number of rotatable bonds is 4. The van der Waals surface area contributed by atoms with Crippen molar-refractivity contribution in [1.29, 1.82) is 0 Å². The summed E-state index contributed by atoms with van der Waals surface area (Å²) in [6.45, 7) is 8.43. The molecule has 0 saturated carbocycles. The molecule has 3 aromatic rings. The minimum atomic E-state index is 0.185. The first kappa shape index (κ1) is 17.2. The molecule has 0 N–H and O–H groups in total. The topological polar surface area (TPSA) is 40.9 Å². The number of hydrogen-bond acceptors (Lipinski definition) is 4. The number of aryl methyl sites for hydroxylation is 2. The molecule has 5 nitrogen and oxygen atoms in total. The number of fused-ring (bicyclic) bond motifs is 1. The van der Waals surface area contributed by atoms with Crippen LogP contribution in [0.25, 0.3) is 5.65 Å². The van der Waals surface area contributed by atoms with Gasteiger partial charge in [-0.25, -0.2) is 4.98 Å². The maximum Gasteiger partial charge on any atom is 0.264 e. The molecule has 0 aromatic carbocycles. The highest BCUT2D eigenvalue weighted by Crippen LogP contribution is 2.24. The summed E-state index contributed by atoms with van der Waals surface area (Å²) in [7, 11) is 0. The van der Waals surface area contributed by atoms with Crippen LogP contribution in [0.5, 0.6) is 0 Å². The van der Waals surface area contributed by atoms with E-state index in [9.17, 15) is 4.79 Å². The van der Waals surface area contributed by atoms with E-state index < -0.39 is 0 Å². The van der Waals surface area contributed by atoms with Gasteiger partial charge in [-0.05, 0) is 37.1 Å². The van der Waals surface area contributed by atoms with Gasteiger partial charge < -0.3 is 9.30 Å². The number of carbonyl (C=O) groups excluding carboxylic acids is 1. The summed E-state index contributed by atoms with van der Waals surface area (Å²) < 4.78 is 2.06. The maximum atomic E-state index is 12.8. The van der Waals surface area contributed by atoms with Crippen LogP contribution in [0, 0.1) is 6.92 Å². The summed E-state index contributed by atoms with van der Waals surface area (Å²) in [4.78, 5) is 24.0. The first-order valence-electron chi connectivity index (χ1n) is 9.17. The van der Waals surface area contributed by atoms with E-state index in [4.69, 9.17) is 0 Å².